The highest BCUT2D eigenvalue weighted by molar-refractivity contribution is 8.18. The lowest BCUT2D eigenvalue weighted by Gasteiger charge is -2.13. The van der Waals surface area contributed by atoms with Gasteiger partial charge in [0, 0.05) is 16.5 Å². The number of fused-ring (bicyclic) bond motifs is 1. The largest absolute Gasteiger partial charge is 0.293 e. The quantitative estimate of drug-likeness (QED) is 0.650. The second kappa shape index (κ2) is 6.22. The number of thioether (sulfide) groups is 1. The average Bonchev–Trinajstić information content (AvgIpc) is 3.19. The summed E-state index contributed by atoms with van der Waals surface area (Å²) in [5, 5.41) is 2.70. The summed E-state index contributed by atoms with van der Waals surface area (Å²) < 4.78 is 0. The van der Waals surface area contributed by atoms with Gasteiger partial charge in [0.2, 0.25) is 0 Å². The molecule has 2 aromatic heterocycles. The first-order valence-electron chi connectivity index (χ1n) is 7.34. The van der Waals surface area contributed by atoms with Crippen molar-refractivity contribution in [3.05, 3.63) is 69.4 Å². The number of hydrogen-bond donors (Lipinski definition) is 0. The van der Waals surface area contributed by atoms with Crippen LogP contribution in [0.25, 0.3) is 17.0 Å². The van der Waals surface area contributed by atoms with E-state index in [1.807, 2.05) is 47.8 Å². The van der Waals surface area contributed by atoms with Crippen molar-refractivity contribution in [1.29, 1.82) is 0 Å². The molecule has 1 aromatic carbocycles. The molecule has 0 unspecified atom stereocenters. The van der Waals surface area contributed by atoms with Gasteiger partial charge in [-0.05, 0) is 40.9 Å². The fraction of sp³-hybridized carbons (Fsp3) is 0.0556. The lowest BCUT2D eigenvalue weighted by molar-refractivity contribution is -0.123. The highest BCUT2D eigenvalue weighted by atomic mass is 32.2. The summed E-state index contributed by atoms with van der Waals surface area (Å²) in [5.41, 5.74) is 1.69. The van der Waals surface area contributed by atoms with Crippen LogP contribution in [0.2, 0.25) is 0 Å². The van der Waals surface area contributed by atoms with Gasteiger partial charge in [-0.3, -0.25) is 19.5 Å². The van der Waals surface area contributed by atoms with Crippen LogP contribution < -0.4 is 0 Å². The number of thiophene rings is 1. The first-order valence-corrected chi connectivity index (χ1v) is 9.03. The van der Waals surface area contributed by atoms with Crippen molar-refractivity contribution in [2.24, 2.45) is 0 Å². The predicted octanol–water partition coefficient (Wildman–Crippen LogP) is 4.53. The maximum Gasteiger partial charge on any atom is 0.293 e. The molecular formula is C18H12N2O2S2. The molecule has 0 radical (unpaired) electrons. The van der Waals surface area contributed by atoms with Crippen LogP contribution in [-0.4, -0.2) is 21.0 Å². The number of hydrogen-bond acceptors (Lipinski definition) is 5. The SMILES string of the molecule is O=C1S/C(=C\c2cccs2)C(=O)N1Cc1cccc2cccnc12. The Balaban J connectivity index is 1.65. The summed E-state index contributed by atoms with van der Waals surface area (Å²) in [6, 6.07) is 13.5. The topological polar surface area (TPSA) is 50.3 Å². The van der Waals surface area contributed by atoms with Gasteiger partial charge in [-0.15, -0.1) is 11.3 Å². The molecule has 118 valence electrons. The molecule has 0 atom stereocenters. The number of pyridine rings is 1. The van der Waals surface area contributed by atoms with Crippen molar-refractivity contribution < 1.29 is 9.59 Å². The molecule has 0 saturated carbocycles. The van der Waals surface area contributed by atoms with Gasteiger partial charge >= 0.3 is 0 Å². The second-order valence-corrected chi connectivity index (χ2v) is 7.25. The van der Waals surface area contributed by atoms with E-state index < -0.39 is 0 Å². The zero-order valence-corrected chi connectivity index (χ0v) is 14.1. The lowest BCUT2D eigenvalue weighted by atomic mass is 10.1. The van der Waals surface area contributed by atoms with Gasteiger partial charge in [0.15, 0.2) is 0 Å². The first-order chi connectivity index (χ1) is 11.7. The van der Waals surface area contributed by atoms with Crippen LogP contribution in [0.3, 0.4) is 0 Å². The molecule has 24 heavy (non-hydrogen) atoms. The van der Waals surface area contributed by atoms with E-state index in [9.17, 15) is 9.59 Å². The molecule has 2 amide bonds. The molecule has 4 nitrogen and oxygen atoms in total. The third-order valence-electron chi connectivity index (χ3n) is 3.73. The molecule has 0 bridgehead atoms. The Kier molecular flexibility index (Phi) is 3.92. The summed E-state index contributed by atoms with van der Waals surface area (Å²) in [6.07, 6.45) is 3.49. The fourth-order valence-electron chi connectivity index (χ4n) is 2.60. The Hall–Kier alpha value is -2.44. The number of carbonyl (C=O) groups excluding carboxylic acids is 2. The minimum absolute atomic E-state index is 0.237. The highest BCUT2D eigenvalue weighted by Gasteiger charge is 2.35. The molecular weight excluding hydrogens is 340 g/mol. The van der Waals surface area contributed by atoms with Crippen LogP contribution in [0, 0.1) is 0 Å². The van der Waals surface area contributed by atoms with Crippen LogP contribution in [0.1, 0.15) is 10.4 Å². The molecule has 1 fully saturated rings. The van der Waals surface area contributed by atoms with Crippen LogP contribution >= 0.6 is 23.1 Å². The molecule has 3 heterocycles. The summed E-state index contributed by atoms with van der Waals surface area (Å²) in [6.45, 7) is 0.237. The van der Waals surface area contributed by atoms with Gasteiger partial charge in [0.25, 0.3) is 11.1 Å². The van der Waals surface area contributed by atoms with E-state index in [1.54, 1.807) is 12.3 Å². The van der Waals surface area contributed by atoms with E-state index in [2.05, 4.69) is 4.98 Å². The van der Waals surface area contributed by atoms with Crippen molar-refractivity contribution in [2.75, 3.05) is 0 Å². The normalized spacial score (nSPS) is 16.5. The highest BCUT2D eigenvalue weighted by Crippen LogP contribution is 2.34. The number of amides is 2. The minimum atomic E-state index is -0.244. The van der Waals surface area contributed by atoms with Crippen molar-refractivity contribution in [1.82, 2.24) is 9.88 Å². The monoisotopic (exact) mass is 352 g/mol. The number of para-hydroxylation sites is 1. The number of carbonyl (C=O) groups is 2. The summed E-state index contributed by atoms with van der Waals surface area (Å²) in [4.78, 5) is 32.0. The fourth-order valence-corrected chi connectivity index (χ4v) is 4.17. The number of aromatic nitrogens is 1. The standard InChI is InChI=1S/C18H12N2O2S2/c21-17-15(10-14-7-3-9-23-14)24-18(22)20(17)11-13-5-1-4-12-6-2-8-19-16(12)13/h1-10H,11H2/b15-10-. The van der Waals surface area contributed by atoms with Crippen LogP contribution in [-0.2, 0) is 11.3 Å². The first kappa shape index (κ1) is 15.1. The zero-order valence-electron chi connectivity index (χ0n) is 12.5. The third kappa shape index (κ3) is 2.74. The minimum Gasteiger partial charge on any atom is -0.268 e. The van der Waals surface area contributed by atoms with E-state index in [0.29, 0.717) is 4.91 Å². The summed E-state index contributed by atoms with van der Waals surface area (Å²) >= 11 is 2.53. The van der Waals surface area contributed by atoms with Crippen molar-refractivity contribution in [3.8, 4) is 0 Å². The van der Waals surface area contributed by atoms with Crippen molar-refractivity contribution in [3.63, 3.8) is 0 Å². The third-order valence-corrected chi connectivity index (χ3v) is 5.46. The Labute approximate surface area is 146 Å². The smallest absolute Gasteiger partial charge is 0.268 e. The molecule has 1 saturated heterocycles. The van der Waals surface area contributed by atoms with Gasteiger partial charge in [0.05, 0.1) is 17.0 Å². The number of benzene rings is 1. The van der Waals surface area contributed by atoms with Crippen LogP contribution in [0.4, 0.5) is 4.79 Å². The predicted molar refractivity (Wildman–Crippen MR) is 97.6 cm³/mol. The molecule has 1 aliphatic rings. The van der Waals surface area contributed by atoms with Crippen LogP contribution in [0.5, 0.6) is 0 Å². The maximum absolute atomic E-state index is 12.6. The van der Waals surface area contributed by atoms with E-state index in [0.717, 1.165) is 33.1 Å². The number of rotatable bonds is 3. The van der Waals surface area contributed by atoms with E-state index in [4.69, 9.17) is 0 Å². The van der Waals surface area contributed by atoms with E-state index in [1.165, 1.54) is 16.2 Å². The van der Waals surface area contributed by atoms with Gasteiger partial charge in [-0.2, -0.15) is 0 Å². The molecule has 3 aromatic rings. The van der Waals surface area contributed by atoms with Crippen molar-refractivity contribution >= 4 is 51.2 Å². The van der Waals surface area contributed by atoms with E-state index >= 15 is 0 Å². The average molecular weight is 352 g/mol. The van der Waals surface area contributed by atoms with E-state index in [-0.39, 0.29) is 17.7 Å². The van der Waals surface area contributed by atoms with Gasteiger partial charge in [-0.25, -0.2) is 0 Å². The Morgan fingerprint density at radius 3 is 2.79 bits per heavy atom. The Morgan fingerprint density at radius 2 is 1.96 bits per heavy atom. The number of imide groups is 1. The van der Waals surface area contributed by atoms with Gasteiger partial charge in [0.1, 0.15) is 0 Å². The van der Waals surface area contributed by atoms with Crippen LogP contribution in [0.15, 0.2) is 58.9 Å². The van der Waals surface area contributed by atoms with Crippen molar-refractivity contribution in [2.45, 2.75) is 6.54 Å². The molecule has 0 N–H and O–H groups in total. The Bertz CT molecular complexity index is 959. The summed E-state index contributed by atoms with van der Waals surface area (Å²) in [5.74, 6) is -0.244. The molecule has 0 aliphatic carbocycles. The lowest BCUT2D eigenvalue weighted by Crippen LogP contribution is -2.27. The second-order valence-electron chi connectivity index (χ2n) is 5.28. The molecule has 0 spiro atoms. The Morgan fingerprint density at radius 1 is 1.08 bits per heavy atom. The molecule has 4 rings (SSSR count). The zero-order chi connectivity index (χ0) is 16.5. The maximum atomic E-state index is 12.6. The van der Waals surface area contributed by atoms with Gasteiger partial charge in [-0.1, -0.05) is 30.3 Å². The molecule has 6 heteroatoms. The van der Waals surface area contributed by atoms with Gasteiger partial charge < -0.3 is 0 Å². The summed E-state index contributed by atoms with van der Waals surface area (Å²) in [7, 11) is 0. The number of nitrogens with zero attached hydrogens (tertiary/aromatic N) is 2. The molecule has 1 aliphatic heterocycles.